The molecular weight excluding hydrogens is 310 g/mol. The molecule has 4 rings (SSSR count). The van der Waals surface area contributed by atoms with Crippen LogP contribution in [0, 0.1) is 0 Å². The Morgan fingerprint density at radius 1 is 1.08 bits per heavy atom. The third-order valence-electron chi connectivity index (χ3n) is 5.09. The van der Waals surface area contributed by atoms with Gasteiger partial charge in [0.2, 0.25) is 5.91 Å². The van der Waals surface area contributed by atoms with Crippen molar-refractivity contribution in [3.63, 3.8) is 0 Å². The van der Waals surface area contributed by atoms with Crippen LogP contribution in [0.15, 0.2) is 54.6 Å². The molecule has 1 aliphatic heterocycles. The standard InChI is InChI=1S/C21H23N3O/c1-2-24-19-11-7-6-10-18(19)22-21(24)17-14-20(25)23(15-17)13-12-16-8-4-3-5-9-16/h3-11,17H,2,12-15H2,1H3/t17-/m1/s1. The molecule has 1 aromatic heterocycles. The molecule has 0 bridgehead atoms. The number of benzene rings is 2. The smallest absolute Gasteiger partial charge is 0.223 e. The lowest BCUT2D eigenvalue weighted by Gasteiger charge is -2.17. The maximum absolute atomic E-state index is 12.5. The quantitative estimate of drug-likeness (QED) is 0.715. The molecule has 1 fully saturated rings. The lowest BCUT2D eigenvalue weighted by atomic mass is 10.1. The van der Waals surface area contributed by atoms with Gasteiger partial charge in [-0.05, 0) is 31.0 Å². The Bertz CT molecular complexity index is 885. The minimum Gasteiger partial charge on any atom is -0.342 e. The molecule has 0 unspecified atom stereocenters. The van der Waals surface area contributed by atoms with E-state index in [2.05, 4.69) is 35.8 Å². The highest BCUT2D eigenvalue weighted by Crippen LogP contribution is 2.30. The maximum atomic E-state index is 12.5. The second kappa shape index (κ2) is 6.71. The first kappa shape index (κ1) is 15.9. The van der Waals surface area contributed by atoms with E-state index in [0.29, 0.717) is 6.42 Å². The Morgan fingerprint density at radius 3 is 2.64 bits per heavy atom. The molecule has 1 amide bonds. The van der Waals surface area contributed by atoms with Crippen molar-refractivity contribution in [3.05, 3.63) is 66.0 Å². The number of carbonyl (C=O) groups is 1. The predicted molar refractivity (Wildman–Crippen MR) is 99.5 cm³/mol. The highest BCUT2D eigenvalue weighted by Gasteiger charge is 2.33. The van der Waals surface area contributed by atoms with Gasteiger partial charge < -0.3 is 9.47 Å². The summed E-state index contributed by atoms with van der Waals surface area (Å²) in [6.45, 7) is 4.58. The predicted octanol–water partition coefficient (Wildman–Crippen LogP) is 3.61. The molecule has 0 radical (unpaired) electrons. The molecule has 2 heterocycles. The second-order valence-corrected chi connectivity index (χ2v) is 6.68. The number of para-hydroxylation sites is 2. The van der Waals surface area contributed by atoms with Crippen LogP contribution >= 0.6 is 0 Å². The molecule has 0 saturated carbocycles. The van der Waals surface area contributed by atoms with E-state index in [4.69, 9.17) is 4.98 Å². The summed E-state index contributed by atoms with van der Waals surface area (Å²) in [7, 11) is 0. The lowest BCUT2D eigenvalue weighted by molar-refractivity contribution is -0.127. The number of aryl methyl sites for hydroxylation is 1. The summed E-state index contributed by atoms with van der Waals surface area (Å²) in [6, 6.07) is 18.6. The molecule has 2 aromatic carbocycles. The van der Waals surface area contributed by atoms with Crippen LogP contribution in [0.3, 0.4) is 0 Å². The summed E-state index contributed by atoms with van der Waals surface area (Å²) in [5, 5.41) is 0. The van der Waals surface area contributed by atoms with E-state index < -0.39 is 0 Å². The van der Waals surface area contributed by atoms with E-state index in [-0.39, 0.29) is 11.8 Å². The normalized spacial score (nSPS) is 17.6. The van der Waals surface area contributed by atoms with Gasteiger partial charge in [-0.3, -0.25) is 4.79 Å². The number of hydrogen-bond donors (Lipinski definition) is 0. The molecular formula is C21H23N3O. The van der Waals surface area contributed by atoms with E-state index >= 15 is 0 Å². The first-order valence-corrected chi connectivity index (χ1v) is 9.03. The van der Waals surface area contributed by atoms with Gasteiger partial charge in [0.25, 0.3) is 0 Å². The van der Waals surface area contributed by atoms with E-state index in [1.54, 1.807) is 0 Å². The Kier molecular flexibility index (Phi) is 4.26. The summed E-state index contributed by atoms with van der Waals surface area (Å²) in [6.07, 6.45) is 1.47. The molecule has 4 heteroatoms. The van der Waals surface area contributed by atoms with Crippen molar-refractivity contribution in [2.24, 2.45) is 0 Å². The van der Waals surface area contributed by atoms with Crippen molar-refractivity contribution in [1.29, 1.82) is 0 Å². The third-order valence-corrected chi connectivity index (χ3v) is 5.09. The van der Waals surface area contributed by atoms with Crippen LogP contribution < -0.4 is 0 Å². The van der Waals surface area contributed by atoms with Gasteiger partial charge in [0.05, 0.1) is 11.0 Å². The van der Waals surface area contributed by atoms with Crippen molar-refractivity contribution < 1.29 is 4.79 Å². The molecule has 0 spiro atoms. The van der Waals surface area contributed by atoms with Gasteiger partial charge in [0.1, 0.15) is 5.82 Å². The van der Waals surface area contributed by atoms with E-state index in [1.807, 2.05) is 35.2 Å². The summed E-state index contributed by atoms with van der Waals surface area (Å²) < 4.78 is 2.26. The summed E-state index contributed by atoms with van der Waals surface area (Å²) in [4.78, 5) is 19.3. The van der Waals surface area contributed by atoms with Gasteiger partial charge >= 0.3 is 0 Å². The van der Waals surface area contributed by atoms with E-state index in [9.17, 15) is 4.79 Å². The largest absolute Gasteiger partial charge is 0.342 e. The number of rotatable bonds is 5. The molecule has 128 valence electrons. The van der Waals surface area contributed by atoms with Crippen LogP contribution in [-0.2, 0) is 17.8 Å². The third kappa shape index (κ3) is 3.04. The number of amides is 1. The molecule has 1 atom stereocenters. The zero-order chi connectivity index (χ0) is 17.2. The SMILES string of the molecule is CCn1c([C@@H]2CC(=O)N(CCc3ccccc3)C2)nc2ccccc21. The van der Waals surface area contributed by atoms with Crippen LogP contribution in [-0.4, -0.2) is 33.4 Å². The summed E-state index contributed by atoms with van der Waals surface area (Å²) in [5.74, 6) is 1.49. The van der Waals surface area contributed by atoms with Crippen LogP contribution in [0.1, 0.15) is 30.7 Å². The number of nitrogens with zero attached hydrogens (tertiary/aromatic N) is 3. The van der Waals surface area contributed by atoms with Gasteiger partial charge in [0, 0.05) is 32.0 Å². The molecule has 1 aliphatic rings. The zero-order valence-corrected chi connectivity index (χ0v) is 14.6. The number of fused-ring (bicyclic) bond motifs is 1. The summed E-state index contributed by atoms with van der Waals surface area (Å²) >= 11 is 0. The Hall–Kier alpha value is -2.62. The molecule has 25 heavy (non-hydrogen) atoms. The average Bonchev–Trinajstić information content (AvgIpc) is 3.20. The second-order valence-electron chi connectivity index (χ2n) is 6.68. The number of carbonyl (C=O) groups excluding carboxylic acids is 1. The Balaban J connectivity index is 1.52. The zero-order valence-electron chi connectivity index (χ0n) is 14.6. The van der Waals surface area contributed by atoms with Crippen molar-refractivity contribution in [3.8, 4) is 0 Å². The molecule has 1 saturated heterocycles. The van der Waals surface area contributed by atoms with Crippen molar-refractivity contribution in [2.45, 2.75) is 32.2 Å². The minimum atomic E-state index is 0.190. The Labute approximate surface area is 148 Å². The monoisotopic (exact) mass is 333 g/mol. The van der Waals surface area contributed by atoms with Crippen LogP contribution in [0.5, 0.6) is 0 Å². The van der Waals surface area contributed by atoms with Gasteiger partial charge in [-0.1, -0.05) is 42.5 Å². The number of aromatic nitrogens is 2. The fraction of sp³-hybridized carbons (Fsp3) is 0.333. The molecule has 0 aliphatic carbocycles. The minimum absolute atomic E-state index is 0.190. The van der Waals surface area contributed by atoms with Gasteiger partial charge in [-0.2, -0.15) is 0 Å². The molecule has 3 aromatic rings. The lowest BCUT2D eigenvalue weighted by Crippen LogP contribution is -2.27. The fourth-order valence-electron chi connectivity index (χ4n) is 3.81. The maximum Gasteiger partial charge on any atom is 0.223 e. The van der Waals surface area contributed by atoms with Crippen molar-refractivity contribution >= 4 is 16.9 Å². The van der Waals surface area contributed by atoms with E-state index in [1.165, 1.54) is 5.56 Å². The highest BCUT2D eigenvalue weighted by atomic mass is 16.2. The van der Waals surface area contributed by atoms with Crippen LogP contribution in [0.2, 0.25) is 0 Å². The molecule has 0 N–H and O–H groups in total. The van der Waals surface area contributed by atoms with E-state index in [0.717, 1.165) is 42.9 Å². The van der Waals surface area contributed by atoms with Gasteiger partial charge in [-0.25, -0.2) is 4.98 Å². The summed E-state index contributed by atoms with van der Waals surface area (Å²) in [5.41, 5.74) is 3.46. The topological polar surface area (TPSA) is 38.1 Å². The van der Waals surface area contributed by atoms with Gasteiger partial charge in [0.15, 0.2) is 0 Å². The fourth-order valence-corrected chi connectivity index (χ4v) is 3.81. The van der Waals surface area contributed by atoms with Crippen LogP contribution in [0.4, 0.5) is 0 Å². The van der Waals surface area contributed by atoms with Crippen molar-refractivity contribution in [2.75, 3.05) is 13.1 Å². The highest BCUT2D eigenvalue weighted by molar-refractivity contribution is 5.81. The first-order valence-electron chi connectivity index (χ1n) is 9.03. The first-order chi connectivity index (χ1) is 12.3. The average molecular weight is 333 g/mol. The number of likely N-dealkylation sites (tertiary alicyclic amines) is 1. The van der Waals surface area contributed by atoms with Gasteiger partial charge in [-0.15, -0.1) is 0 Å². The van der Waals surface area contributed by atoms with Crippen molar-refractivity contribution in [1.82, 2.24) is 14.5 Å². The molecule has 4 nitrogen and oxygen atoms in total. The number of imidazole rings is 1. The number of hydrogen-bond acceptors (Lipinski definition) is 2. The Morgan fingerprint density at radius 2 is 1.84 bits per heavy atom. The van der Waals surface area contributed by atoms with Crippen LogP contribution in [0.25, 0.3) is 11.0 Å².